The van der Waals surface area contributed by atoms with Gasteiger partial charge in [0.2, 0.25) is 0 Å². The maximum Gasteiger partial charge on any atom is 0.348 e. The van der Waals surface area contributed by atoms with Crippen LogP contribution in [0.5, 0.6) is 0 Å². The Morgan fingerprint density at radius 1 is 1.40 bits per heavy atom. The van der Waals surface area contributed by atoms with Gasteiger partial charge >= 0.3 is 5.97 Å². The third-order valence-electron chi connectivity index (χ3n) is 4.05. The molecule has 0 bridgehead atoms. The number of carbonyl (C=O) groups is 3. The van der Waals surface area contributed by atoms with Crippen LogP contribution in [0.3, 0.4) is 0 Å². The monoisotopic (exact) mass is 378 g/mol. The smallest absolute Gasteiger partial charge is 0.348 e. The third kappa shape index (κ3) is 4.08. The van der Waals surface area contributed by atoms with Gasteiger partial charge in [0.05, 0.1) is 5.56 Å². The number of hydrogen-bond donors (Lipinski definition) is 2. The van der Waals surface area contributed by atoms with Gasteiger partial charge < -0.3 is 15.8 Å². The average Bonchev–Trinajstić information content (AvgIpc) is 3.18. The number of thiophene rings is 2. The number of carbonyl (C=O) groups excluding carboxylic acids is 3. The molecular weight excluding hydrogens is 360 g/mol. The average molecular weight is 378 g/mol. The second kappa shape index (κ2) is 7.37. The fraction of sp³-hybridized carbons (Fsp3) is 0.353. The summed E-state index contributed by atoms with van der Waals surface area (Å²) >= 11 is 2.63. The van der Waals surface area contributed by atoms with Crippen molar-refractivity contribution in [2.75, 3.05) is 11.9 Å². The number of amides is 2. The fourth-order valence-corrected chi connectivity index (χ4v) is 4.68. The lowest BCUT2D eigenvalue weighted by atomic mass is 9.90. The van der Waals surface area contributed by atoms with Gasteiger partial charge in [0, 0.05) is 4.88 Å². The first-order valence-corrected chi connectivity index (χ1v) is 9.59. The van der Waals surface area contributed by atoms with Crippen LogP contribution in [0.1, 0.15) is 43.8 Å². The van der Waals surface area contributed by atoms with Crippen LogP contribution in [-0.2, 0) is 22.4 Å². The van der Waals surface area contributed by atoms with E-state index in [1.165, 1.54) is 39.2 Å². The molecule has 25 heavy (non-hydrogen) atoms. The van der Waals surface area contributed by atoms with Crippen molar-refractivity contribution in [3.63, 3.8) is 0 Å². The molecule has 8 heteroatoms. The summed E-state index contributed by atoms with van der Waals surface area (Å²) in [6, 6.07) is 3.41. The highest BCUT2D eigenvalue weighted by Gasteiger charge is 2.22. The Morgan fingerprint density at radius 2 is 2.20 bits per heavy atom. The van der Waals surface area contributed by atoms with Crippen molar-refractivity contribution in [1.82, 2.24) is 0 Å². The van der Waals surface area contributed by atoms with Crippen LogP contribution in [0.25, 0.3) is 0 Å². The number of anilines is 1. The highest BCUT2D eigenvalue weighted by atomic mass is 32.1. The quantitative estimate of drug-likeness (QED) is 0.782. The minimum absolute atomic E-state index is 0.240. The van der Waals surface area contributed by atoms with E-state index in [2.05, 4.69) is 12.2 Å². The van der Waals surface area contributed by atoms with Gasteiger partial charge in [0.15, 0.2) is 6.61 Å². The molecule has 0 fully saturated rings. The molecule has 2 aromatic rings. The number of fused-ring (bicyclic) bond motifs is 1. The van der Waals surface area contributed by atoms with Crippen molar-refractivity contribution in [3.05, 3.63) is 38.4 Å². The molecule has 0 unspecified atom stereocenters. The first kappa shape index (κ1) is 17.6. The van der Waals surface area contributed by atoms with Gasteiger partial charge in [-0.15, -0.1) is 22.7 Å². The molecule has 0 aliphatic heterocycles. The zero-order chi connectivity index (χ0) is 18.0. The molecule has 0 aromatic carbocycles. The summed E-state index contributed by atoms with van der Waals surface area (Å²) in [5.41, 5.74) is 6.68. The van der Waals surface area contributed by atoms with E-state index < -0.39 is 24.4 Å². The molecule has 2 amide bonds. The Bertz CT molecular complexity index is 824. The SMILES string of the molecule is C[C@H]1CCc2sc(C(=O)OCC(=O)Nc3sccc3C(N)=O)cc2C1. The molecular formula is C17H18N2O4S2. The summed E-state index contributed by atoms with van der Waals surface area (Å²) in [5, 5.41) is 4.55. The topological polar surface area (TPSA) is 98.5 Å². The van der Waals surface area contributed by atoms with Gasteiger partial charge in [-0.3, -0.25) is 9.59 Å². The number of aryl methyl sites for hydroxylation is 1. The molecule has 2 aromatic heterocycles. The molecule has 132 valence electrons. The van der Waals surface area contributed by atoms with E-state index in [4.69, 9.17) is 10.5 Å². The van der Waals surface area contributed by atoms with Gasteiger partial charge in [-0.1, -0.05) is 6.92 Å². The zero-order valence-corrected chi connectivity index (χ0v) is 15.3. The second-order valence-corrected chi connectivity index (χ2v) is 8.11. The lowest BCUT2D eigenvalue weighted by molar-refractivity contribution is -0.119. The number of hydrogen-bond acceptors (Lipinski definition) is 6. The Labute approximate surface area is 153 Å². The molecule has 3 N–H and O–H groups in total. The van der Waals surface area contributed by atoms with Crippen molar-refractivity contribution in [2.45, 2.75) is 26.2 Å². The Hall–Kier alpha value is -2.19. The summed E-state index contributed by atoms with van der Waals surface area (Å²) < 4.78 is 5.09. The number of nitrogens with one attached hydrogen (secondary N) is 1. The van der Waals surface area contributed by atoms with E-state index in [0.717, 1.165) is 19.3 Å². The standard InChI is InChI=1S/C17H18N2O4S2/c1-9-2-3-12-10(6-9)7-13(25-12)17(22)23-8-14(20)19-16-11(15(18)21)4-5-24-16/h4-5,7,9H,2-3,6,8H2,1H3,(H2,18,21)(H,19,20)/t9-/m0/s1. The molecule has 2 heterocycles. The predicted molar refractivity (Wildman–Crippen MR) is 97.3 cm³/mol. The summed E-state index contributed by atoms with van der Waals surface area (Å²) in [6.45, 7) is 1.79. The molecule has 6 nitrogen and oxygen atoms in total. The molecule has 0 radical (unpaired) electrons. The van der Waals surface area contributed by atoms with Crippen LogP contribution < -0.4 is 11.1 Å². The first-order chi connectivity index (χ1) is 11.9. The Balaban J connectivity index is 1.56. The van der Waals surface area contributed by atoms with Gasteiger partial charge in [-0.2, -0.15) is 0 Å². The van der Waals surface area contributed by atoms with Crippen LogP contribution in [0.15, 0.2) is 17.5 Å². The van der Waals surface area contributed by atoms with Crippen molar-refractivity contribution in [1.29, 1.82) is 0 Å². The van der Waals surface area contributed by atoms with Crippen LogP contribution in [-0.4, -0.2) is 24.4 Å². The van der Waals surface area contributed by atoms with E-state index in [-0.39, 0.29) is 5.56 Å². The highest BCUT2D eigenvalue weighted by molar-refractivity contribution is 7.15. The lowest BCUT2D eigenvalue weighted by Crippen LogP contribution is -2.22. The Morgan fingerprint density at radius 3 is 2.96 bits per heavy atom. The number of nitrogens with two attached hydrogens (primary N) is 1. The van der Waals surface area contributed by atoms with Crippen LogP contribution in [0.2, 0.25) is 0 Å². The van der Waals surface area contributed by atoms with Crippen molar-refractivity contribution in [3.8, 4) is 0 Å². The molecule has 3 rings (SSSR count). The predicted octanol–water partition coefficient (Wildman–Crippen LogP) is 2.83. The number of esters is 1. The summed E-state index contributed by atoms with van der Waals surface area (Å²) in [4.78, 5) is 37.1. The van der Waals surface area contributed by atoms with Crippen LogP contribution in [0.4, 0.5) is 5.00 Å². The van der Waals surface area contributed by atoms with Gasteiger partial charge in [-0.05, 0) is 48.3 Å². The summed E-state index contributed by atoms with van der Waals surface area (Å²) in [7, 11) is 0. The normalized spacial score (nSPS) is 16.1. The van der Waals surface area contributed by atoms with Crippen molar-refractivity contribution >= 4 is 45.5 Å². The zero-order valence-electron chi connectivity index (χ0n) is 13.7. The molecule has 1 atom stereocenters. The third-order valence-corrected chi connectivity index (χ3v) is 6.10. The molecule has 0 saturated heterocycles. The Kier molecular flexibility index (Phi) is 5.19. The molecule has 0 saturated carbocycles. The van der Waals surface area contributed by atoms with E-state index in [1.807, 2.05) is 6.07 Å². The number of ether oxygens (including phenoxy) is 1. The molecule has 0 spiro atoms. The minimum Gasteiger partial charge on any atom is -0.451 e. The maximum absolute atomic E-state index is 12.2. The van der Waals surface area contributed by atoms with Gasteiger partial charge in [-0.25, -0.2) is 4.79 Å². The van der Waals surface area contributed by atoms with Crippen molar-refractivity contribution < 1.29 is 19.1 Å². The van der Waals surface area contributed by atoms with Gasteiger partial charge in [0.1, 0.15) is 9.88 Å². The largest absolute Gasteiger partial charge is 0.451 e. The highest BCUT2D eigenvalue weighted by Crippen LogP contribution is 2.32. The summed E-state index contributed by atoms with van der Waals surface area (Å²) in [5.74, 6) is -0.995. The summed E-state index contributed by atoms with van der Waals surface area (Å²) in [6.07, 6.45) is 3.10. The van der Waals surface area contributed by atoms with Crippen LogP contribution in [0, 0.1) is 5.92 Å². The lowest BCUT2D eigenvalue weighted by Gasteiger charge is -2.16. The number of primary amides is 1. The maximum atomic E-state index is 12.2. The van der Waals surface area contributed by atoms with E-state index in [0.29, 0.717) is 15.8 Å². The molecule has 1 aliphatic rings. The first-order valence-electron chi connectivity index (χ1n) is 7.90. The number of rotatable bonds is 5. The van der Waals surface area contributed by atoms with E-state index >= 15 is 0 Å². The van der Waals surface area contributed by atoms with E-state index in [1.54, 1.807) is 5.38 Å². The van der Waals surface area contributed by atoms with Crippen LogP contribution >= 0.6 is 22.7 Å². The van der Waals surface area contributed by atoms with Gasteiger partial charge in [0.25, 0.3) is 11.8 Å². The second-order valence-electron chi connectivity index (χ2n) is 6.06. The minimum atomic E-state index is -0.619. The van der Waals surface area contributed by atoms with Crippen molar-refractivity contribution in [2.24, 2.45) is 11.7 Å². The fourth-order valence-electron chi connectivity index (χ4n) is 2.77. The molecule has 1 aliphatic carbocycles. The van der Waals surface area contributed by atoms with E-state index in [9.17, 15) is 14.4 Å².